The van der Waals surface area contributed by atoms with Gasteiger partial charge in [0, 0.05) is 19.1 Å². The number of nitrogens with zero attached hydrogens (tertiary/aromatic N) is 1. The maximum absolute atomic E-state index is 12.8. The molecule has 3 rings (SSSR count). The van der Waals surface area contributed by atoms with Crippen molar-refractivity contribution in [3.8, 4) is 0 Å². The molecule has 1 aliphatic rings. The van der Waals surface area contributed by atoms with E-state index in [4.69, 9.17) is 11.6 Å². The molecule has 1 saturated heterocycles. The number of carbonyl (C=O) groups is 1. The maximum Gasteiger partial charge on any atom is 0.243 e. The lowest BCUT2D eigenvalue weighted by Gasteiger charge is -2.18. The lowest BCUT2D eigenvalue weighted by molar-refractivity contribution is -0.115. The van der Waals surface area contributed by atoms with Crippen LogP contribution < -0.4 is 10.6 Å². The number of amides is 1. The first kappa shape index (κ1) is 22.7. The first-order chi connectivity index (χ1) is 14.2. The molecule has 162 valence electrons. The number of halogens is 1. The first-order valence-electron chi connectivity index (χ1n) is 10.1. The summed E-state index contributed by atoms with van der Waals surface area (Å²) in [5.74, 6) is -0.287. The highest BCUT2D eigenvalue weighted by Crippen LogP contribution is 2.28. The zero-order chi connectivity index (χ0) is 21.9. The van der Waals surface area contributed by atoms with Crippen LogP contribution in [0.15, 0.2) is 41.3 Å². The summed E-state index contributed by atoms with van der Waals surface area (Å²) in [6.45, 7) is 7.20. The summed E-state index contributed by atoms with van der Waals surface area (Å²) in [6.07, 6.45) is 1.72. The number of nitrogens with one attached hydrogen (secondary N) is 2. The molecule has 6 nitrogen and oxygen atoms in total. The molecule has 1 amide bonds. The Morgan fingerprint density at radius 2 is 1.83 bits per heavy atom. The summed E-state index contributed by atoms with van der Waals surface area (Å²) in [5, 5.41) is 6.24. The summed E-state index contributed by atoms with van der Waals surface area (Å²) in [6, 6.07) is 10.6. The van der Waals surface area contributed by atoms with Crippen LogP contribution in [-0.4, -0.2) is 38.3 Å². The zero-order valence-electron chi connectivity index (χ0n) is 17.5. The van der Waals surface area contributed by atoms with E-state index in [1.54, 1.807) is 0 Å². The van der Waals surface area contributed by atoms with Gasteiger partial charge < -0.3 is 10.6 Å². The Hall–Kier alpha value is -1.93. The van der Waals surface area contributed by atoms with Crippen LogP contribution in [-0.2, 0) is 14.8 Å². The number of benzene rings is 2. The predicted octanol–water partition coefficient (Wildman–Crippen LogP) is 4.03. The summed E-state index contributed by atoms with van der Waals surface area (Å²) in [4.78, 5) is 12.6. The summed E-state index contributed by atoms with van der Waals surface area (Å²) in [5.41, 5.74) is 3.75. The predicted molar refractivity (Wildman–Crippen MR) is 120 cm³/mol. The minimum atomic E-state index is -3.58. The quantitative estimate of drug-likeness (QED) is 0.668. The van der Waals surface area contributed by atoms with Crippen molar-refractivity contribution in [3.63, 3.8) is 0 Å². The Bertz CT molecular complexity index is 1030. The third kappa shape index (κ3) is 5.21. The fourth-order valence-corrected chi connectivity index (χ4v) is 5.32. The monoisotopic (exact) mass is 449 g/mol. The summed E-state index contributed by atoms with van der Waals surface area (Å²) < 4.78 is 27.0. The van der Waals surface area contributed by atoms with Gasteiger partial charge in [-0.05, 0) is 62.9 Å². The van der Waals surface area contributed by atoms with Crippen molar-refractivity contribution < 1.29 is 13.2 Å². The van der Waals surface area contributed by atoms with Crippen molar-refractivity contribution in [2.24, 2.45) is 0 Å². The molecule has 1 fully saturated rings. The van der Waals surface area contributed by atoms with Crippen molar-refractivity contribution in [2.75, 3.05) is 25.0 Å². The van der Waals surface area contributed by atoms with Gasteiger partial charge in [-0.3, -0.25) is 4.79 Å². The fraction of sp³-hybridized carbons (Fsp3) is 0.409. The Morgan fingerprint density at radius 1 is 1.13 bits per heavy atom. The van der Waals surface area contributed by atoms with E-state index in [0.717, 1.165) is 29.5 Å². The average molecular weight is 450 g/mol. The van der Waals surface area contributed by atoms with Crippen LogP contribution in [0.5, 0.6) is 0 Å². The number of hydrogen-bond acceptors (Lipinski definition) is 4. The van der Waals surface area contributed by atoms with Gasteiger partial charge in [-0.1, -0.05) is 35.4 Å². The molecular weight excluding hydrogens is 422 g/mol. The number of rotatable bonds is 7. The lowest BCUT2D eigenvalue weighted by Crippen LogP contribution is -2.31. The van der Waals surface area contributed by atoms with E-state index in [9.17, 15) is 13.2 Å². The molecule has 1 aliphatic heterocycles. The number of aryl methyl sites for hydroxylation is 2. The second kappa shape index (κ2) is 9.47. The third-order valence-corrected chi connectivity index (χ3v) is 7.61. The van der Waals surface area contributed by atoms with Gasteiger partial charge in [0.05, 0.1) is 22.2 Å². The van der Waals surface area contributed by atoms with E-state index >= 15 is 0 Å². The van der Waals surface area contributed by atoms with Gasteiger partial charge in [-0.15, -0.1) is 0 Å². The molecule has 0 saturated carbocycles. The standard InChI is InChI=1S/C22H28ClN3O3S/c1-15-6-7-16(2)19(12-15)17(3)24-14-22(27)25-21-13-18(8-9-20(21)23)30(28,29)26-10-4-5-11-26/h6-9,12-13,17,24H,4-5,10-11,14H2,1-3H3,(H,25,27). The van der Waals surface area contributed by atoms with Crippen LogP contribution in [0.4, 0.5) is 5.69 Å². The average Bonchev–Trinajstić information content (AvgIpc) is 3.25. The summed E-state index contributed by atoms with van der Waals surface area (Å²) >= 11 is 6.20. The topological polar surface area (TPSA) is 78.5 Å². The minimum absolute atomic E-state index is 0.00648. The van der Waals surface area contributed by atoms with Gasteiger partial charge >= 0.3 is 0 Å². The smallest absolute Gasteiger partial charge is 0.243 e. The summed E-state index contributed by atoms with van der Waals surface area (Å²) in [7, 11) is -3.58. The molecule has 0 radical (unpaired) electrons. The van der Waals surface area contributed by atoms with Crippen molar-refractivity contribution >= 4 is 33.2 Å². The van der Waals surface area contributed by atoms with E-state index in [0.29, 0.717) is 23.8 Å². The van der Waals surface area contributed by atoms with Crippen LogP contribution in [0.3, 0.4) is 0 Å². The molecule has 1 atom stereocenters. The molecular formula is C22H28ClN3O3S. The third-order valence-electron chi connectivity index (χ3n) is 5.38. The molecule has 30 heavy (non-hydrogen) atoms. The molecule has 0 aliphatic carbocycles. The Morgan fingerprint density at radius 3 is 2.53 bits per heavy atom. The Kier molecular flexibility index (Phi) is 7.18. The highest BCUT2D eigenvalue weighted by Gasteiger charge is 2.27. The second-order valence-electron chi connectivity index (χ2n) is 7.76. The highest BCUT2D eigenvalue weighted by atomic mass is 35.5. The minimum Gasteiger partial charge on any atom is -0.324 e. The van der Waals surface area contributed by atoms with Gasteiger partial charge in [-0.2, -0.15) is 4.31 Å². The second-order valence-corrected chi connectivity index (χ2v) is 10.1. The maximum atomic E-state index is 12.8. The van der Waals surface area contributed by atoms with E-state index < -0.39 is 10.0 Å². The van der Waals surface area contributed by atoms with E-state index in [1.807, 2.05) is 20.8 Å². The van der Waals surface area contributed by atoms with Gasteiger partial charge in [0.1, 0.15) is 0 Å². The number of anilines is 1. The van der Waals surface area contributed by atoms with E-state index in [1.165, 1.54) is 22.5 Å². The molecule has 8 heteroatoms. The SMILES string of the molecule is Cc1ccc(C)c(C(C)NCC(=O)Nc2cc(S(=O)(=O)N3CCCC3)ccc2Cl)c1. The lowest BCUT2D eigenvalue weighted by atomic mass is 10.00. The molecule has 2 N–H and O–H groups in total. The normalized spacial score (nSPS) is 15.9. The molecule has 0 spiro atoms. The van der Waals surface area contributed by atoms with Gasteiger partial charge in [-0.25, -0.2) is 8.42 Å². The first-order valence-corrected chi connectivity index (χ1v) is 11.9. The number of carbonyl (C=O) groups excluding carboxylic acids is 1. The number of sulfonamides is 1. The zero-order valence-corrected chi connectivity index (χ0v) is 19.1. The molecule has 2 aromatic carbocycles. The van der Waals surface area contributed by atoms with Gasteiger partial charge in [0.2, 0.25) is 15.9 Å². The molecule has 0 aromatic heterocycles. The van der Waals surface area contributed by atoms with Gasteiger partial charge in [0.25, 0.3) is 0 Å². The highest BCUT2D eigenvalue weighted by molar-refractivity contribution is 7.89. The van der Waals surface area contributed by atoms with Crippen molar-refractivity contribution in [2.45, 2.75) is 44.6 Å². The largest absolute Gasteiger partial charge is 0.324 e. The Balaban J connectivity index is 1.67. The number of hydrogen-bond donors (Lipinski definition) is 2. The van der Waals surface area contributed by atoms with Crippen LogP contribution >= 0.6 is 11.6 Å². The molecule has 1 unspecified atom stereocenters. The Labute approximate surface area is 183 Å². The van der Waals surface area contributed by atoms with E-state index in [-0.39, 0.29) is 23.4 Å². The van der Waals surface area contributed by atoms with Crippen LogP contribution in [0.1, 0.15) is 42.5 Å². The molecule has 2 aromatic rings. The van der Waals surface area contributed by atoms with Crippen molar-refractivity contribution in [1.82, 2.24) is 9.62 Å². The van der Waals surface area contributed by atoms with Gasteiger partial charge in [0.15, 0.2) is 0 Å². The van der Waals surface area contributed by atoms with E-state index in [2.05, 4.69) is 28.8 Å². The molecule has 0 bridgehead atoms. The van der Waals surface area contributed by atoms with Crippen LogP contribution in [0, 0.1) is 13.8 Å². The van der Waals surface area contributed by atoms with Crippen molar-refractivity contribution in [3.05, 3.63) is 58.1 Å². The fourth-order valence-electron chi connectivity index (χ4n) is 3.61. The van der Waals surface area contributed by atoms with Crippen LogP contribution in [0.2, 0.25) is 5.02 Å². The van der Waals surface area contributed by atoms with Crippen LogP contribution in [0.25, 0.3) is 0 Å². The molecule has 1 heterocycles. The van der Waals surface area contributed by atoms with Crippen molar-refractivity contribution in [1.29, 1.82) is 0 Å².